The highest BCUT2D eigenvalue weighted by molar-refractivity contribution is 6.73. The van der Waals surface area contributed by atoms with Crippen molar-refractivity contribution >= 4 is 14.2 Å². The van der Waals surface area contributed by atoms with E-state index in [1.165, 1.54) is 0 Å². The Morgan fingerprint density at radius 3 is 2.18 bits per heavy atom. The van der Waals surface area contributed by atoms with Gasteiger partial charge in [-0.05, 0) is 37.8 Å². The van der Waals surface area contributed by atoms with Crippen molar-refractivity contribution in [1.29, 1.82) is 0 Å². The molecule has 4 heteroatoms. The van der Waals surface area contributed by atoms with E-state index in [9.17, 15) is 9.90 Å². The van der Waals surface area contributed by atoms with Crippen LogP contribution in [-0.4, -0.2) is 36.5 Å². The molecule has 0 spiro atoms. The molecule has 0 aliphatic heterocycles. The van der Waals surface area contributed by atoms with Gasteiger partial charge < -0.3 is 9.67 Å². The fraction of sp³-hybridized carbons (Fsp3) is 0.611. The Hall–Kier alpha value is -1.13. The average molecular weight is 320 g/mol. The van der Waals surface area contributed by atoms with Crippen molar-refractivity contribution in [3.63, 3.8) is 0 Å². The predicted octanol–water partition coefficient (Wildman–Crippen LogP) is 4.11. The zero-order valence-electron chi connectivity index (χ0n) is 14.3. The summed E-state index contributed by atoms with van der Waals surface area (Å²) in [5, 5.41) is 9.88. The fourth-order valence-corrected chi connectivity index (χ4v) is 6.37. The van der Waals surface area contributed by atoms with Crippen molar-refractivity contribution in [2.24, 2.45) is 0 Å². The van der Waals surface area contributed by atoms with Crippen molar-refractivity contribution < 1.29 is 9.90 Å². The van der Waals surface area contributed by atoms with Gasteiger partial charge in [0.05, 0.1) is 5.41 Å². The maximum Gasteiger partial charge on any atom is 0.314 e. The molecule has 1 aromatic carbocycles. The molecule has 3 nitrogen and oxygen atoms in total. The molecule has 0 radical (unpaired) electrons. The Morgan fingerprint density at radius 2 is 1.77 bits per heavy atom. The third-order valence-corrected chi connectivity index (χ3v) is 7.59. The zero-order chi connectivity index (χ0) is 16.4. The van der Waals surface area contributed by atoms with Gasteiger partial charge in [0.2, 0.25) is 0 Å². The smallest absolute Gasteiger partial charge is 0.314 e. The minimum atomic E-state index is -1.34. The van der Waals surface area contributed by atoms with Crippen molar-refractivity contribution in [2.45, 2.75) is 63.7 Å². The van der Waals surface area contributed by atoms with Crippen LogP contribution in [-0.2, 0) is 10.2 Å². The van der Waals surface area contributed by atoms with E-state index in [-0.39, 0.29) is 0 Å². The standard InChI is InChI=1S/C18H29NO2Si/c1-5-19(22(2,3)4)16-11-13-18(14-12-16,17(20)21)15-9-7-6-8-10-15/h6-10,16H,5,11-14H2,1-4H3,(H,20,21). The normalized spacial score (nSPS) is 26.1. The first-order chi connectivity index (χ1) is 10.3. The SMILES string of the molecule is CCN(C1CCC(C(=O)O)(c2ccccc2)CC1)[Si](C)(C)C. The van der Waals surface area contributed by atoms with Crippen LogP contribution in [0.1, 0.15) is 38.2 Å². The quantitative estimate of drug-likeness (QED) is 0.830. The lowest BCUT2D eigenvalue weighted by atomic mass is 9.68. The van der Waals surface area contributed by atoms with Crippen LogP contribution >= 0.6 is 0 Å². The zero-order valence-corrected chi connectivity index (χ0v) is 15.3. The second kappa shape index (κ2) is 6.55. The number of hydrogen-bond acceptors (Lipinski definition) is 2. The number of benzene rings is 1. The highest BCUT2D eigenvalue weighted by Crippen LogP contribution is 2.41. The summed E-state index contributed by atoms with van der Waals surface area (Å²) in [5.74, 6) is -0.659. The van der Waals surface area contributed by atoms with Gasteiger partial charge in [-0.1, -0.05) is 56.9 Å². The first kappa shape index (κ1) is 17.2. The van der Waals surface area contributed by atoms with Crippen LogP contribution in [0, 0.1) is 0 Å². The van der Waals surface area contributed by atoms with Gasteiger partial charge >= 0.3 is 5.97 Å². The topological polar surface area (TPSA) is 40.5 Å². The molecule has 22 heavy (non-hydrogen) atoms. The van der Waals surface area contributed by atoms with Gasteiger partial charge in [0.15, 0.2) is 0 Å². The van der Waals surface area contributed by atoms with Crippen LogP contribution in [0.3, 0.4) is 0 Å². The summed E-state index contributed by atoms with van der Waals surface area (Å²) in [5.41, 5.74) is 0.286. The number of carboxylic acid groups (broad SMARTS) is 1. The van der Waals surface area contributed by atoms with Gasteiger partial charge in [0.25, 0.3) is 0 Å². The predicted molar refractivity (Wildman–Crippen MR) is 93.7 cm³/mol. The summed E-state index contributed by atoms with van der Waals surface area (Å²) in [6.07, 6.45) is 3.47. The van der Waals surface area contributed by atoms with E-state index in [0.29, 0.717) is 6.04 Å². The summed E-state index contributed by atoms with van der Waals surface area (Å²) in [4.78, 5) is 12.0. The maximum absolute atomic E-state index is 12.0. The van der Waals surface area contributed by atoms with Crippen molar-refractivity contribution in [2.75, 3.05) is 6.54 Å². The van der Waals surface area contributed by atoms with E-state index >= 15 is 0 Å². The first-order valence-electron chi connectivity index (χ1n) is 8.37. The molecule has 1 aromatic rings. The molecule has 1 fully saturated rings. The second-order valence-corrected chi connectivity index (χ2v) is 12.4. The van der Waals surface area contributed by atoms with Crippen LogP contribution < -0.4 is 0 Å². The Kier molecular flexibility index (Phi) is 5.13. The number of aliphatic carboxylic acids is 1. The van der Waals surface area contributed by atoms with Crippen LogP contribution in [0.25, 0.3) is 0 Å². The van der Waals surface area contributed by atoms with E-state index < -0.39 is 19.6 Å². The van der Waals surface area contributed by atoms with E-state index in [4.69, 9.17) is 0 Å². The van der Waals surface area contributed by atoms with Gasteiger partial charge in [-0.2, -0.15) is 0 Å². The van der Waals surface area contributed by atoms with Gasteiger partial charge in [0, 0.05) is 6.04 Å². The highest BCUT2D eigenvalue weighted by Gasteiger charge is 2.45. The largest absolute Gasteiger partial charge is 0.481 e. The summed E-state index contributed by atoms with van der Waals surface area (Å²) in [7, 11) is -1.34. The van der Waals surface area contributed by atoms with E-state index in [0.717, 1.165) is 37.8 Å². The third kappa shape index (κ3) is 3.28. The monoisotopic (exact) mass is 319 g/mol. The fourth-order valence-electron chi connectivity index (χ4n) is 4.07. The molecule has 1 saturated carbocycles. The molecule has 2 rings (SSSR count). The molecule has 0 bridgehead atoms. The van der Waals surface area contributed by atoms with Gasteiger partial charge in [-0.3, -0.25) is 4.79 Å². The Labute approximate surface area is 135 Å². The molecule has 0 saturated heterocycles. The molecule has 0 amide bonds. The molecule has 0 aromatic heterocycles. The molecule has 122 valence electrons. The molecule has 0 atom stereocenters. The lowest BCUT2D eigenvalue weighted by Crippen LogP contribution is -2.54. The van der Waals surface area contributed by atoms with E-state index in [1.807, 2.05) is 30.3 Å². The third-order valence-electron chi connectivity index (χ3n) is 5.19. The lowest BCUT2D eigenvalue weighted by Gasteiger charge is -2.46. The van der Waals surface area contributed by atoms with Gasteiger partial charge in [0.1, 0.15) is 8.24 Å². The Morgan fingerprint density at radius 1 is 1.23 bits per heavy atom. The molecule has 0 unspecified atom stereocenters. The lowest BCUT2D eigenvalue weighted by molar-refractivity contribution is -0.145. The second-order valence-electron chi connectivity index (χ2n) is 7.44. The molecular weight excluding hydrogens is 290 g/mol. The molecular formula is C18H29NO2Si. The number of hydrogen-bond donors (Lipinski definition) is 1. The molecule has 1 aliphatic rings. The number of carbonyl (C=O) groups is 1. The highest BCUT2D eigenvalue weighted by atomic mass is 28.3. The summed E-state index contributed by atoms with van der Waals surface area (Å²) in [6.45, 7) is 10.5. The molecule has 1 N–H and O–H groups in total. The van der Waals surface area contributed by atoms with Gasteiger partial charge in [-0.25, -0.2) is 0 Å². The number of nitrogens with zero attached hydrogens (tertiary/aromatic N) is 1. The van der Waals surface area contributed by atoms with Crippen LogP contribution in [0.2, 0.25) is 19.6 Å². The Balaban J connectivity index is 2.19. The van der Waals surface area contributed by atoms with Gasteiger partial charge in [-0.15, -0.1) is 0 Å². The van der Waals surface area contributed by atoms with Crippen LogP contribution in [0.4, 0.5) is 0 Å². The average Bonchev–Trinajstić information content (AvgIpc) is 2.48. The minimum absolute atomic E-state index is 0.549. The Bertz CT molecular complexity index is 502. The summed E-state index contributed by atoms with van der Waals surface area (Å²) < 4.78 is 2.66. The summed E-state index contributed by atoms with van der Waals surface area (Å²) in [6, 6.07) is 10.4. The van der Waals surface area contributed by atoms with Crippen molar-refractivity contribution in [1.82, 2.24) is 4.57 Å². The van der Waals surface area contributed by atoms with Crippen molar-refractivity contribution in [3.8, 4) is 0 Å². The van der Waals surface area contributed by atoms with E-state index in [1.54, 1.807) is 0 Å². The first-order valence-corrected chi connectivity index (χ1v) is 11.8. The minimum Gasteiger partial charge on any atom is -0.481 e. The number of rotatable bonds is 5. The maximum atomic E-state index is 12.0. The molecule has 0 heterocycles. The van der Waals surface area contributed by atoms with E-state index in [2.05, 4.69) is 31.1 Å². The van der Waals surface area contributed by atoms with Crippen LogP contribution in [0.5, 0.6) is 0 Å². The molecule has 1 aliphatic carbocycles. The summed E-state index contributed by atoms with van der Waals surface area (Å²) >= 11 is 0. The van der Waals surface area contributed by atoms with Crippen LogP contribution in [0.15, 0.2) is 30.3 Å². The van der Waals surface area contributed by atoms with Crippen molar-refractivity contribution in [3.05, 3.63) is 35.9 Å². The number of carboxylic acids is 1.